The average molecular weight is 362 g/mol. The highest BCUT2D eigenvalue weighted by atomic mass is 16.5. The second-order valence-electron chi connectivity index (χ2n) is 7.83. The molecule has 146 valence electrons. The molecule has 1 N–H and O–H groups in total. The number of likely N-dealkylation sites (N-methyl/N-ethyl adjacent to an activating group) is 1. The number of quaternary nitrogens is 1. The lowest BCUT2D eigenvalue weighted by atomic mass is 10.0. The van der Waals surface area contributed by atoms with Gasteiger partial charge in [0.2, 0.25) is 0 Å². The number of likely N-dealkylation sites (tertiary alicyclic amines) is 1. The van der Waals surface area contributed by atoms with Crippen LogP contribution in [0.5, 0.6) is 5.75 Å². The van der Waals surface area contributed by atoms with E-state index in [0.717, 1.165) is 59.5 Å². The summed E-state index contributed by atoms with van der Waals surface area (Å²) in [5, 5.41) is 3.28. The number of nitrogens with zero attached hydrogens (tertiary/aromatic N) is 1. The Labute approximate surface area is 159 Å². The van der Waals surface area contributed by atoms with E-state index < -0.39 is 0 Å². The summed E-state index contributed by atoms with van der Waals surface area (Å²) in [5.41, 5.74) is 3.06. The molecule has 1 fully saturated rings. The number of benzene rings is 1. The summed E-state index contributed by atoms with van der Waals surface area (Å²) in [4.78, 5) is 13.4. The van der Waals surface area contributed by atoms with Crippen molar-refractivity contribution >= 4 is 11.6 Å². The summed E-state index contributed by atoms with van der Waals surface area (Å²) < 4.78 is 6.30. The van der Waals surface area contributed by atoms with Crippen molar-refractivity contribution in [1.29, 1.82) is 0 Å². The van der Waals surface area contributed by atoms with Gasteiger partial charge in [0.25, 0.3) is 5.91 Å². The van der Waals surface area contributed by atoms with Crippen LogP contribution in [0.4, 0.5) is 5.69 Å². The van der Waals surface area contributed by atoms with Gasteiger partial charge in [-0.05, 0) is 76.1 Å². The monoisotopic (exact) mass is 361 g/mol. The maximum absolute atomic E-state index is 13.4. The highest BCUT2D eigenvalue weighted by Gasteiger charge is 2.40. The SMILES string of the molecule is CCCC(C(=O)Nc1c(C)cc(OC)cc1C)[N+]1(CC)CCCCCC1. The highest BCUT2D eigenvalue weighted by Crippen LogP contribution is 2.29. The number of carbonyl (C=O) groups is 1. The zero-order chi connectivity index (χ0) is 19.2. The molecule has 0 bridgehead atoms. The average Bonchev–Trinajstić information content (AvgIpc) is 2.88. The maximum atomic E-state index is 13.4. The maximum Gasteiger partial charge on any atom is 0.282 e. The van der Waals surface area contributed by atoms with Crippen molar-refractivity contribution in [3.05, 3.63) is 23.3 Å². The van der Waals surface area contributed by atoms with Crippen LogP contribution in [-0.4, -0.2) is 43.2 Å². The van der Waals surface area contributed by atoms with E-state index in [1.165, 1.54) is 25.7 Å². The van der Waals surface area contributed by atoms with Crippen molar-refractivity contribution in [2.75, 3.05) is 32.1 Å². The van der Waals surface area contributed by atoms with Gasteiger partial charge in [-0.25, -0.2) is 0 Å². The molecular weight excluding hydrogens is 324 g/mol. The fourth-order valence-corrected chi connectivity index (χ4v) is 4.54. The number of methoxy groups -OCH3 is 1. The van der Waals surface area contributed by atoms with Crippen molar-refractivity contribution in [1.82, 2.24) is 0 Å². The molecule has 1 aromatic carbocycles. The fourth-order valence-electron chi connectivity index (χ4n) is 4.54. The van der Waals surface area contributed by atoms with E-state index in [2.05, 4.69) is 19.2 Å². The van der Waals surface area contributed by atoms with Crippen molar-refractivity contribution in [2.24, 2.45) is 0 Å². The van der Waals surface area contributed by atoms with E-state index >= 15 is 0 Å². The minimum atomic E-state index is 0.0454. The Morgan fingerprint density at radius 3 is 2.15 bits per heavy atom. The molecule has 1 atom stereocenters. The highest BCUT2D eigenvalue weighted by molar-refractivity contribution is 5.95. The van der Waals surface area contributed by atoms with E-state index in [-0.39, 0.29) is 11.9 Å². The first kappa shape index (κ1) is 20.8. The molecular formula is C22H37N2O2+. The first-order valence-electron chi connectivity index (χ1n) is 10.3. The smallest absolute Gasteiger partial charge is 0.282 e. The predicted molar refractivity (Wildman–Crippen MR) is 109 cm³/mol. The van der Waals surface area contributed by atoms with Crippen LogP contribution in [0.25, 0.3) is 0 Å². The van der Waals surface area contributed by atoms with Gasteiger partial charge in [0.1, 0.15) is 5.75 Å². The number of hydrogen-bond acceptors (Lipinski definition) is 2. The number of amides is 1. The van der Waals surface area contributed by atoms with Gasteiger partial charge in [-0.3, -0.25) is 4.79 Å². The molecule has 1 aliphatic rings. The molecule has 0 aromatic heterocycles. The Hall–Kier alpha value is -1.55. The quantitative estimate of drug-likeness (QED) is 0.706. The van der Waals surface area contributed by atoms with Crippen LogP contribution in [0.2, 0.25) is 0 Å². The lowest BCUT2D eigenvalue weighted by Gasteiger charge is -2.43. The minimum Gasteiger partial charge on any atom is -0.497 e. The second kappa shape index (κ2) is 9.40. The second-order valence-corrected chi connectivity index (χ2v) is 7.83. The summed E-state index contributed by atoms with van der Waals surface area (Å²) in [5.74, 6) is 1.03. The molecule has 4 heteroatoms. The van der Waals surface area contributed by atoms with Gasteiger partial charge < -0.3 is 14.5 Å². The van der Waals surface area contributed by atoms with Gasteiger partial charge in [0, 0.05) is 12.1 Å². The molecule has 0 spiro atoms. The molecule has 1 amide bonds. The van der Waals surface area contributed by atoms with Crippen LogP contribution < -0.4 is 10.1 Å². The molecule has 2 rings (SSSR count). The first-order chi connectivity index (χ1) is 12.5. The third-order valence-corrected chi connectivity index (χ3v) is 6.10. The Kier molecular flexibility index (Phi) is 7.51. The Morgan fingerprint density at radius 2 is 1.69 bits per heavy atom. The predicted octanol–water partition coefficient (Wildman–Crippen LogP) is 4.83. The van der Waals surface area contributed by atoms with E-state index in [1.807, 2.05) is 26.0 Å². The topological polar surface area (TPSA) is 38.3 Å². The molecule has 0 saturated carbocycles. The van der Waals surface area contributed by atoms with E-state index in [1.54, 1.807) is 7.11 Å². The molecule has 26 heavy (non-hydrogen) atoms. The van der Waals surface area contributed by atoms with Gasteiger partial charge in [-0.1, -0.05) is 6.92 Å². The number of aryl methyl sites for hydroxylation is 2. The number of nitrogens with one attached hydrogen (secondary N) is 1. The summed E-state index contributed by atoms with van der Waals surface area (Å²) in [6, 6.07) is 4.03. The van der Waals surface area contributed by atoms with E-state index in [0.29, 0.717) is 0 Å². The van der Waals surface area contributed by atoms with Crippen molar-refractivity contribution in [3.8, 4) is 5.75 Å². The van der Waals surface area contributed by atoms with Gasteiger partial charge in [-0.2, -0.15) is 0 Å². The zero-order valence-electron chi connectivity index (χ0n) is 17.4. The number of rotatable bonds is 7. The fraction of sp³-hybridized carbons (Fsp3) is 0.682. The number of anilines is 1. The van der Waals surface area contributed by atoms with Crippen molar-refractivity contribution < 1.29 is 14.0 Å². The zero-order valence-corrected chi connectivity index (χ0v) is 17.4. The lowest BCUT2D eigenvalue weighted by Crippen LogP contribution is -2.60. The van der Waals surface area contributed by atoms with Crippen LogP contribution in [0.1, 0.15) is 63.5 Å². The standard InChI is InChI=1S/C22H36N2O2/c1-6-12-20(24(7-2)13-10-8-9-11-14-24)22(25)23-21-17(3)15-19(26-5)16-18(21)4/h15-16,20H,6-14H2,1-5H3/p+1. The summed E-state index contributed by atoms with van der Waals surface area (Å²) in [6.07, 6.45) is 7.07. The van der Waals surface area contributed by atoms with Crippen LogP contribution in [0.15, 0.2) is 12.1 Å². The largest absolute Gasteiger partial charge is 0.497 e. The molecule has 0 radical (unpaired) electrons. The molecule has 1 aliphatic heterocycles. The molecule has 1 saturated heterocycles. The Bertz CT molecular complexity index is 581. The summed E-state index contributed by atoms with van der Waals surface area (Å²) in [6.45, 7) is 11.8. The minimum absolute atomic E-state index is 0.0454. The van der Waals surface area contributed by atoms with Gasteiger partial charge in [0.05, 0.1) is 26.7 Å². The van der Waals surface area contributed by atoms with E-state index in [4.69, 9.17) is 4.74 Å². The lowest BCUT2D eigenvalue weighted by molar-refractivity contribution is -0.940. The van der Waals surface area contributed by atoms with Crippen LogP contribution >= 0.6 is 0 Å². The van der Waals surface area contributed by atoms with Crippen LogP contribution in [0.3, 0.4) is 0 Å². The Balaban J connectivity index is 2.28. The van der Waals surface area contributed by atoms with Gasteiger partial charge in [0.15, 0.2) is 6.04 Å². The normalized spacial score (nSPS) is 18.0. The van der Waals surface area contributed by atoms with Gasteiger partial charge >= 0.3 is 0 Å². The van der Waals surface area contributed by atoms with E-state index in [9.17, 15) is 4.79 Å². The molecule has 0 aliphatic carbocycles. The number of ether oxygens (including phenoxy) is 1. The van der Waals surface area contributed by atoms with Crippen molar-refractivity contribution in [2.45, 2.75) is 72.3 Å². The molecule has 4 nitrogen and oxygen atoms in total. The van der Waals surface area contributed by atoms with Crippen molar-refractivity contribution in [3.63, 3.8) is 0 Å². The number of carbonyl (C=O) groups excluding carboxylic acids is 1. The van der Waals surface area contributed by atoms with Gasteiger partial charge in [-0.15, -0.1) is 0 Å². The third-order valence-electron chi connectivity index (χ3n) is 6.10. The van der Waals surface area contributed by atoms with Crippen LogP contribution in [-0.2, 0) is 4.79 Å². The summed E-state index contributed by atoms with van der Waals surface area (Å²) in [7, 11) is 1.68. The van der Waals surface area contributed by atoms with Crippen LogP contribution in [0, 0.1) is 13.8 Å². The Morgan fingerprint density at radius 1 is 1.12 bits per heavy atom. The summed E-state index contributed by atoms with van der Waals surface area (Å²) >= 11 is 0. The molecule has 1 heterocycles. The first-order valence-corrected chi connectivity index (χ1v) is 10.3. The number of hydrogen-bond donors (Lipinski definition) is 1. The molecule has 1 unspecified atom stereocenters. The third kappa shape index (κ3) is 4.59. The molecule has 1 aromatic rings.